The molecule has 0 N–H and O–H groups in total. The number of carbonyl (C=O) groups excluding carboxylic acids is 2. The van der Waals surface area contributed by atoms with Gasteiger partial charge in [-0.05, 0) is 64.4 Å². The van der Waals surface area contributed by atoms with Crippen molar-refractivity contribution in [3.63, 3.8) is 0 Å². The molecule has 0 aromatic heterocycles. The van der Waals surface area contributed by atoms with E-state index >= 15 is 0 Å². The fourth-order valence-corrected chi connectivity index (χ4v) is 4.31. The van der Waals surface area contributed by atoms with Crippen LogP contribution in [-0.4, -0.2) is 66.3 Å². The number of likely N-dealkylation sites (N-methyl/N-ethyl adjacent to an activating group) is 1. The van der Waals surface area contributed by atoms with Crippen LogP contribution in [0.4, 0.5) is 0 Å². The first-order valence-corrected chi connectivity index (χ1v) is 10.4. The number of rotatable bonds is 6. The molecule has 152 valence electrons. The molecule has 28 heavy (non-hydrogen) atoms. The summed E-state index contributed by atoms with van der Waals surface area (Å²) in [5.74, 6) is -0.268. The fourth-order valence-electron chi connectivity index (χ4n) is 4.31. The van der Waals surface area contributed by atoms with Crippen molar-refractivity contribution < 1.29 is 9.59 Å². The molecular formula is C23H33N3O2. The van der Waals surface area contributed by atoms with Gasteiger partial charge in [-0.2, -0.15) is 0 Å². The second-order valence-electron chi connectivity index (χ2n) is 8.30. The molecule has 2 aliphatic heterocycles. The lowest BCUT2D eigenvalue weighted by atomic mass is 9.96. The number of hydrogen-bond acceptors (Lipinski definition) is 4. The van der Waals surface area contributed by atoms with Crippen LogP contribution in [0.25, 0.3) is 5.57 Å². The van der Waals surface area contributed by atoms with Crippen LogP contribution in [0.1, 0.15) is 49.3 Å². The van der Waals surface area contributed by atoms with Crippen LogP contribution in [-0.2, 0) is 9.59 Å². The Morgan fingerprint density at radius 1 is 1.11 bits per heavy atom. The van der Waals surface area contributed by atoms with Gasteiger partial charge in [-0.3, -0.25) is 14.5 Å². The number of piperidine rings is 1. The summed E-state index contributed by atoms with van der Waals surface area (Å²) in [7, 11) is 4.12. The normalized spacial score (nSPS) is 19.1. The van der Waals surface area contributed by atoms with E-state index in [9.17, 15) is 9.59 Å². The summed E-state index contributed by atoms with van der Waals surface area (Å²) in [6, 6.07) is 6.39. The van der Waals surface area contributed by atoms with E-state index in [-0.39, 0.29) is 17.9 Å². The largest absolute Gasteiger partial charge is 0.366 e. The molecule has 0 saturated carbocycles. The molecule has 5 nitrogen and oxygen atoms in total. The number of likely N-dealkylation sites (tertiary alicyclic amines) is 1. The van der Waals surface area contributed by atoms with Crippen molar-refractivity contribution in [1.82, 2.24) is 14.7 Å². The maximum atomic E-state index is 13.3. The topological polar surface area (TPSA) is 43.9 Å². The zero-order valence-corrected chi connectivity index (χ0v) is 17.9. The van der Waals surface area contributed by atoms with E-state index in [2.05, 4.69) is 29.8 Å². The summed E-state index contributed by atoms with van der Waals surface area (Å²) < 4.78 is 0. The van der Waals surface area contributed by atoms with Crippen LogP contribution < -0.4 is 0 Å². The van der Waals surface area contributed by atoms with Gasteiger partial charge in [0.05, 0.1) is 5.57 Å². The van der Waals surface area contributed by atoms with Crippen LogP contribution in [0.3, 0.4) is 0 Å². The summed E-state index contributed by atoms with van der Waals surface area (Å²) in [4.78, 5) is 32.5. The maximum absolute atomic E-state index is 13.3. The Morgan fingerprint density at radius 3 is 2.39 bits per heavy atom. The van der Waals surface area contributed by atoms with E-state index in [0.717, 1.165) is 55.5 Å². The second-order valence-corrected chi connectivity index (χ2v) is 8.30. The molecule has 0 radical (unpaired) electrons. The Kier molecular flexibility index (Phi) is 6.23. The van der Waals surface area contributed by atoms with Gasteiger partial charge >= 0.3 is 0 Å². The number of nitrogens with zero attached hydrogens (tertiary/aromatic N) is 3. The molecule has 2 aliphatic rings. The number of amides is 2. The van der Waals surface area contributed by atoms with Crippen LogP contribution in [0, 0.1) is 13.8 Å². The standard InChI is InChI=1S/C23H33N3O2/c1-6-7-12-26-22(27)20(19-9-8-16(2)15-17(19)3)21(23(26)28)25(5)18-10-13-24(4)14-11-18/h8-9,15,18H,6-7,10-14H2,1-5H3. The summed E-state index contributed by atoms with van der Waals surface area (Å²) in [5, 5.41) is 0. The molecular weight excluding hydrogens is 350 g/mol. The Bertz CT molecular complexity index is 791. The first-order chi connectivity index (χ1) is 13.3. The van der Waals surface area contributed by atoms with Crippen molar-refractivity contribution in [1.29, 1.82) is 0 Å². The van der Waals surface area contributed by atoms with Crippen molar-refractivity contribution in [2.75, 3.05) is 33.7 Å². The lowest BCUT2D eigenvalue weighted by Gasteiger charge is -2.36. The quantitative estimate of drug-likeness (QED) is 0.708. The van der Waals surface area contributed by atoms with Gasteiger partial charge in [-0.25, -0.2) is 0 Å². The molecule has 1 aromatic rings. The van der Waals surface area contributed by atoms with Crippen molar-refractivity contribution in [2.24, 2.45) is 0 Å². The average Bonchev–Trinajstić information content (AvgIpc) is 2.90. The molecule has 1 saturated heterocycles. The lowest BCUT2D eigenvalue weighted by Crippen LogP contribution is -2.43. The monoisotopic (exact) mass is 383 g/mol. The van der Waals surface area contributed by atoms with E-state index in [1.165, 1.54) is 4.90 Å². The van der Waals surface area contributed by atoms with Gasteiger partial charge in [0.2, 0.25) is 0 Å². The van der Waals surface area contributed by atoms with Crippen LogP contribution >= 0.6 is 0 Å². The smallest absolute Gasteiger partial charge is 0.277 e. The van der Waals surface area contributed by atoms with Gasteiger partial charge in [0.25, 0.3) is 11.8 Å². The van der Waals surface area contributed by atoms with Crippen molar-refractivity contribution in [2.45, 2.75) is 52.5 Å². The Labute approximate surface area is 169 Å². The minimum Gasteiger partial charge on any atom is -0.366 e. The molecule has 2 heterocycles. The van der Waals surface area contributed by atoms with E-state index in [1.807, 2.05) is 33.0 Å². The number of aryl methyl sites for hydroxylation is 2. The Balaban J connectivity index is 2.03. The lowest BCUT2D eigenvalue weighted by molar-refractivity contribution is -0.137. The molecule has 0 bridgehead atoms. The molecule has 2 amide bonds. The van der Waals surface area contributed by atoms with E-state index in [4.69, 9.17) is 0 Å². The highest BCUT2D eigenvalue weighted by Crippen LogP contribution is 2.35. The SMILES string of the molecule is CCCCN1C(=O)C(c2ccc(C)cc2C)=C(N(C)C2CCN(C)CC2)C1=O. The van der Waals surface area contributed by atoms with Crippen molar-refractivity contribution in [3.8, 4) is 0 Å². The first-order valence-electron chi connectivity index (χ1n) is 10.4. The molecule has 5 heteroatoms. The summed E-state index contributed by atoms with van der Waals surface area (Å²) >= 11 is 0. The van der Waals surface area contributed by atoms with Crippen molar-refractivity contribution in [3.05, 3.63) is 40.6 Å². The van der Waals surface area contributed by atoms with E-state index in [0.29, 0.717) is 17.8 Å². The first kappa shape index (κ1) is 20.6. The van der Waals surface area contributed by atoms with Gasteiger partial charge in [0, 0.05) is 19.6 Å². The number of benzene rings is 1. The van der Waals surface area contributed by atoms with E-state index in [1.54, 1.807) is 0 Å². The Morgan fingerprint density at radius 2 is 1.79 bits per heavy atom. The number of hydrogen-bond donors (Lipinski definition) is 0. The maximum Gasteiger partial charge on any atom is 0.277 e. The zero-order chi connectivity index (χ0) is 20.4. The highest BCUT2D eigenvalue weighted by atomic mass is 16.2. The number of imide groups is 1. The van der Waals surface area contributed by atoms with Gasteiger partial charge in [0.1, 0.15) is 5.70 Å². The number of carbonyl (C=O) groups is 2. The minimum absolute atomic E-state index is 0.130. The molecule has 0 atom stereocenters. The van der Waals surface area contributed by atoms with Crippen LogP contribution in [0.5, 0.6) is 0 Å². The molecule has 0 aliphatic carbocycles. The molecule has 3 rings (SSSR count). The van der Waals surface area contributed by atoms with Gasteiger partial charge in [-0.15, -0.1) is 0 Å². The highest BCUT2D eigenvalue weighted by molar-refractivity contribution is 6.35. The minimum atomic E-state index is -0.139. The highest BCUT2D eigenvalue weighted by Gasteiger charge is 2.42. The van der Waals surface area contributed by atoms with Gasteiger partial charge in [-0.1, -0.05) is 37.1 Å². The summed E-state index contributed by atoms with van der Waals surface area (Å²) in [6.45, 7) is 8.68. The average molecular weight is 384 g/mol. The van der Waals surface area contributed by atoms with Crippen LogP contribution in [0.15, 0.2) is 23.9 Å². The Hall–Kier alpha value is -2.14. The molecule has 1 fully saturated rings. The molecule has 0 spiro atoms. The zero-order valence-electron chi connectivity index (χ0n) is 17.9. The van der Waals surface area contributed by atoms with Gasteiger partial charge in [0.15, 0.2) is 0 Å². The predicted molar refractivity (Wildman–Crippen MR) is 113 cm³/mol. The number of unbranched alkanes of at least 4 members (excludes halogenated alkanes) is 1. The van der Waals surface area contributed by atoms with Crippen LogP contribution in [0.2, 0.25) is 0 Å². The van der Waals surface area contributed by atoms with Gasteiger partial charge < -0.3 is 9.80 Å². The molecule has 0 unspecified atom stereocenters. The fraction of sp³-hybridized carbons (Fsp3) is 0.565. The van der Waals surface area contributed by atoms with Crippen molar-refractivity contribution >= 4 is 17.4 Å². The third kappa shape index (κ3) is 3.86. The summed E-state index contributed by atoms with van der Waals surface area (Å²) in [6.07, 6.45) is 3.80. The van der Waals surface area contributed by atoms with E-state index < -0.39 is 0 Å². The predicted octanol–water partition coefficient (Wildman–Crippen LogP) is 3.21. The third-order valence-electron chi connectivity index (χ3n) is 6.12. The second kappa shape index (κ2) is 8.48. The molecule has 1 aromatic carbocycles. The summed E-state index contributed by atoms with van der Waals surface area (Å²) in [5.41, 5.74) is 4.26. The third-order valence-corrected chi connectivity index (χ3v) is 6.12.